The maximum absolute atomic E-state index is 15.7. The van der Waals surface area contributed by atoms with Gasteiger partial charge in [-0.25, -0.2) is 8.78 Å². The van der Waals surface area contributed by atoms with Crippen molar-refractivity contribution in [2.45, 2.75) is 0 Å². The van der Waals surface area contributed by atoms with Gasteiger partial charge in [-0.05, 0) is 143 Å². The Morgan fingerprint density at radius 2 is 0.585 bits per heavy atom. The maximum atomic E-state index is 15.7. The number of nitrogens with zero attached hydrogens (tertiary/aromatic N) is 2. The first kappa shape index (κ1) is 39.7. The lowest BCUT2D eigenvalue weighted by molar-refractivity contribution is 0.631. The van der Waals surface area contributed by atoms with E-state index in [2.05, 4.69) is 94.7 Å². The van der Waals surface area contributed by atoms with E-state index >= 15 is 8.78 Å². The van der Waals surface area contributed by atoms with Crippen LogP contribution in [0.15, 0.2) is 243 Å². The summed E-state index contributed by atoms with van der Waals surface area (Å²) in [6.45, 7) is 0. The van der Waals surface area contributed by atoms with Crippen LogP contribution >= 0.6 is 11.3 Å². The molecule has 1 heterocycles. The van der Waals surface area contributed by atoms with Gasteiger partial charge in [0.05, 0.1) is 0 Å². The Morgan fingerprint density at radius 3 is 0.954 bits per heavy atom. The lowest BCUT2D eigenvalue weighted by Crippen LogP contribution is -2.10. The van der Waals surface area contributed by atoms with Crippen LogP contribution in [0, 0.1) is 11.6 Å². The fraction of sp³-hybridized carbons (Fsp3) is 0. The van der Waals surface area contributed by atoms with E-state index < -0.39 is 0 Å². The minimum absolute atomic E-state index is 0.267. The van der Waals surface area contributed by atoms with Crippen LogP contribution in [0.3, 0.4) is 0 Å². The summed E-state index contributed by atoms with van der Waals surface area (Å²) in [5, 5.41) is 2.42. The lowest BCUT2D eigenvalue weighted by Gasteiger charge is -2.26. The van der Waals surface area contributed by atoms with E-state index in [1.165, 1.54) is 20.2 Å². The van der Waals surface area contributed by atoms with Gasteiger partial charge in [0.15, 0.2) is 0 Å². The third-order valence-electron chi connectivity index (χ3n) is 12.0. The van der Waals surface area contributed by atoms with Crippen molar-refractivity contribution in [1.82, 2.24) is 0 Å². The SMILES string of the molecule is Fc1cc(N(c2ccccc2)c2ccc(-c3ccc4sc5ccc(-c6ccc(N(c7ccccc7)c7ccc(-c8ccccc8)c(F)c7)cc6)cc5c4c3)cc2)ccc1-c1ccccc1. The summed E-state index contributed by atoms with van der Waals surface area (Å²) >= 11 is 1.80. The number of hydrogen-bond donors (Lipinski definition) is 0. The third kappa shape index (κ3) is 7.84. The van der Waals surface area contributed by atoms with Crippen LogP contribution < -0.4 is 9.80 Å². The summed E-state index contributed by atoms with van der Waals surface area (Å²) in [5.41, 5.74) is 12.5. The van der Waals surface area contributed by atoms with Crippen LogP contribution in [-0.2, 0) is 0 Å². The molecule has 10 aromatic carbocycles. The second-order valence-corrected chi connectivity index (χ2v) is 17.1. The molecule has 0 N–H and O–H groups in total. The van der Waals surface area contributed by atoms with Gasteiger partial charge in [-0.15, -0.1) is 11.3 Å². The van der Waals surface area contributed by atoms with Crippen molar-refractivity contribution in [3.05, 3.63) is 254 Å². The van der Waals surface area contributed by atoms with Crippen LogP contribution in [0.1, 0.15) is 0 Å². The zero-order chi connectivity index (χ0) is 43.7. The monoisotopic (exact) mass is 858 g/mol. The molecule has 5 heteroatoms. The van der Waals surface area contributed by atoms with E-state index in [-0.39, 0.29) is 11.6 Å². The van der Waals surface area contributed by atoms with Crippen LogP contribution in [0.5, 0.6) is 0 Å². The van der Waals surface area contributed by atoms with Gasteiger partial charge in [-0.1, -0.05) is 133 Å². The molecular weight excluding hydrogens is 819 g/mol. The van der Waals surface area contributed by atoms with Gasteiger partial charge in [-0.2, -0.15) is 0 Å². The zero-order valence-corrected chi connectivity index (χ0v) is 36.0. The van der Waals surface area contributed by atoms with E-state index in [4.69, 9.17) is 0 Å². The van der Waals surface area contributed by atoms with Crippen molar-refractivity contribution in [3.8, 4) is 44.5 Å². The Labute approximate surface area is 381 Å². The molecule has 0 amide bonds. The minimum Gasteiger partial charge on any atom is -0.310 e. The molecule has 0 atom stereocenters. The average molecular weight is 859 g/mol. The molecule has 0 saturated carbocycles. The molecule has 1 aromatic heterocycles. The van der Waals surface area contributed by atoms with Gasteiger partial charge >= 0.3 is 0 Å². The van der Waals surface area contributed by atoms with Gasteiger partial charge in [0.2, 0.25) is 0 Å². The predicted molar refractivity (Wildman–Crippen MR) is 270 cm³/mol. The largest absolute Gasteiger partial charge is 0.310 e. The summed E-state index contributed by atoms with van der Waals surface area (Å²) in [5.74, 6) is -0.535. The molecule has 11 aromatic rings. The fourth-order valence-electron chi connectivity index (χ4n) is 8.78. The highest BCUT2D eigenvalue weighted by Crippen LogP contribution is 2.42. The number of para-hydroxylation sites is 2. The standard InChI is InChI=1S/C60H40F2N2S/c61-57-39-51(31-33-53(57)43-13-5-1-6-14-43)63(47-17-9-3-10-18-47)49-27-21-41(22-28-49)45-25-35-59-55(37-45)56-38-46(26-36-60(56)65-59)42-23-29-50(30-24-42)64(48-19-11-4-12-20-48)52-32-34-54(58(62)40-52)44-15-7-2-8-16-44/h1-40H. The molecule has 0 bridgehead atoms. The van der Waals surface area contributed by atoms with Gasteiger partial charge in [0.1, 0.15) is 11.6 Å². The molecule has 2 nitrogen and oxygen atoms in total. The molecule has 0 spiro atoms. The molecule has 0 aliphatic rings. The third-order valence-corrected chi connectivity index (χ3v) is 13.2. The Kier molecular flexibility index (Phi) is 10.5. The fourth-order valence-corrected chi connectivity index (χ4v) is 9.85. The number of hydrogen-bond acceptors (Lipinski definition) is 3. The summed E-state index contributed by atoms with van der Waals surface area (Å²) in [7, 11) is 0. The van der Waals surface area contributed by atoms with Crippen LogP contribution in [0.25, 0.3) is 64.7 Å². The lowest BCUT2D eigenvalue weighted by atomic mass is 9.99. The number of fused-ring (bicyclic) bond motifs is 3. The number of rotatable bonds is 10. The maximum Gasteiger partial charge on any atom is 0.133 e. The van der Waals surface area contributed by atoms with Crippen molar-refractivity contribution < 1.29 is 8.78 Å². The highest BCUT2D eigenvalue weighted by Gasteiger charge is 2.18. The second-order valence-electron chi connectivity index (χ2n) is 16.0. The molecule has 11 rings (SSSR count). The Morgan fingerprint density at radius 1 is 0.262 bits per heavy atom. The Hall–Kier alpha value is -8.12. The highest BCUT2D eigenvalue weighted by atomic mass is 32.1. The highest BCUT2D eigenvalue weighted by molar-refractivity contribution is 7.25. The first-order valence-electron chi connectivity index (χ1n) is 21.6. The van der Waals surface area contributed by atoms with Crippen molar-refractivity contribution >= 4 is 65.6 Å². The molecule has 0 aliphatic heterocycles. The molecule has 0 aliphatic carbocycles. The van der Waals surface area contributed by atoms with Crippen molar-refractivity contribution in [3.63, 3.8) is 0 Å². The Balaban J connectivity index is 0.893. The summed E-state index contributed by atoms with van der Waals surface area (Å²) in [6, 6.07) is 80.8. The smallest absolute Gasteiger partial charge is 0.133 e. The number of thiophene rings is 1. The number of anilines is 6. The molecule has 0 radical (unpaired) electrons. The van der Waals surface area contributed by atoms with E-state index in [9.17, 15) is 0 Å². The number of halogens is 2. The number of benzene rings is 10. The van der Waals surface area contributed by atoms with Crippen LogP contribution in [-0.4, -0.2) is 0 Å². The van der Waals surface area contributed by atoms with Crippen LogP contribution in [0.2, 0.25) is 0 Å². The van der Waals surface area contributed by atoms with E-state index in [0.717, 1.165) is 67.5 Å². The average Bonchev–Trinajstić information content (AvgIpc) is 3.73. The van der Waals surface area contributed by atoms with Crippen LogP contribution in [0.4, 0.5) is 42.9 Å². The Bertz CT molecular complexity index is 3200. The van der Waals surface area contributed by atoms with Crippen molar-refractivity contribution in [2.75, 3.05) is 9.80 Å². The predicted octanol–water partition coefficient (Wildman–Crippen LogP) is 17.9. The first-order chi connectivity index (χ1) is 32.0. The molecule has 65 heavy (non-hydrogen) atoms. The normalized spacial score (nSPS) is 11.2. The van der Waals surface area contributed by atoms with Gasteiger partial charge in [0, 0.05) is 65.4 Å². The first-order valence-corrected chi connectivity index (χ1v) is 22.4. The van der Waals surface area contributed by atoms with Crippen molar-refractivity contribution in [1.29, 1.82) is 0 Å². The van der Waals surface area contributed by atoms with Gasteiger partial charge in [-0.3, -0.25) is 0 Å². The second kappa shape index (κ2) is 17.2. The van der Waals surface area contributed by atoms with E-state index in [1.54, 1.807) is 23.5 Å². The van der Waals surface area contributed by atoms with Gasteiger partial charge in [0.25, 0.3) is 0 Å². The quantitative estimate of drug-likeness (QED) is 0.135. The molecule has 310 valence electrons. The van der Waals surface area contributed by atoms with E-state index in [0.29, 0.717) is 11.1 Å². The molecular formula is C60H40F2N2S. The minimum atomic E-state index is -0.267. The topological polar surface area (TPSA) is 6.48 Å². The van der Waals surface area contributed by atoms with Crippen molar-refractivity contribution in [2.24, 2.45) is 0 Å². The summed E-state index contributed by atoms with van der Waals surface area (Å²) < 4.78 is 33.9. The van der Waals surface area contributed by atoms with Gasteiger partial charge < -0.3 is 9.80 Å². The summed E-state index contributed by atoms with van der Waals surface area (Å²) in [6.07, 6.45) is 0. The zero-order valence-electron chi connectivity index (χ0n) is 35.2. The van der Waals surface area contributed by atoms with E-state index in [1.807, 2.05) is 146 Å². The molecule has 0 fully saturated rings. The molecule has 0 saturated heterocycles. The molecule has 0 unspecified atom stereocenters. The summed E-state index contributed by atoms with van der Waals surface area (Å²) in [4.78, 5) is 4.18.